The summed E-state index contributed by atoms with van der Waals surface area (Å²) in [5, 5.41) is 2.33. The van der Waals surface area contributed by atoms with Crippen molar-refractivity contribution in [2.75, 3.05) is 37.6 Å². The standard InChI is InChI=1S/C26H26F5N5O2/c27-18-3-1-2-16-13-20(34-25(38)22(16)18)15-4-5-17(12-15)35-8-10-36(11-9-35)21-7-6-19(33-23(21)28)24(37)32-14-26(29,30)31/h1-3,6-7,13,15,17H,4-5,8-12,14H2,(H,32,37)(H,34,38)/t15-,17+/m1/s1. The van der Waals surface area contributed by atoms with Gasteiger partial charge >= 0.3 is 6.18 Å². The van der Waals surface area contributed by atoms with Crippen LogP contribution in [0, 0.1) is 11.8 Å². The Labute approximate surface area is 214 Å². The maximum Gasteiger partial charge on any atom is 0.405 e. The lowest BCUT2D eigenvalue weighted by molar-refractivity contribution is -0.123. The first-order valence-corrected chi connectivity index (χ1v) is 12.4. The lowest BCUT2D eigenvalue weighted by Crippen LogP contribution is -2.50. The van der Waals surface area contributed by atoms with E-state index < -0.39 is 41.6 Å². The lowest BCUT2D eigenvalue weighted by atomic mass is 10.00. The van der Waals surface area contributed by atoms with Crippen LogP contribution in [0.3, 0.4) is 0 Å². The van der Waals surface area contributed by atoms with Crippen LogP contribution >= 0.6 is 0 Å². The number of fused-ring (bicyclic) bond motifs is 1. The number of halogens is 5. The quantitative estimate of drug-likeness (QED) is 0.382. The molecule has 2 atom stereocenters. The molecule has 2 aromatic heterocycles. The summed E-state index contributed by atoms with van der Waals surface area (Å²) in [6.07, 6.45) is -1.91. The van der Waals surface area contributed by atoms with E-state index in [0.717, 1.165) is 25.0 Å². The van der Waals surface area contributed by atoms with Gasteiger partial charge in [-0.25, -0.2) is 9.37 Å². The smallest absolute Gasteiger partial charge is 0.365 e. The number of amides is 1. The zero-order valence-corrected chi connectivity index (χ0v) is 20.3. The Bertz CT molecular complexity index is 1400. The number of rotatable bonds is 5. The average molecular weight is 536 g/mol. The highest BCUT2D eigenvalue weighted by molar-refractivity contribution is 5.92. The van der Waals surface area contributed by atoms with Gasteiger partial charge in [0.15, 0.2) is 0 Å². The third-order valence-corrected chi connectivity index (χ3v) is 7.37. The minimum absolute atomic E-state index is 0.0682. The highest BCUT2D eigenvalue weighted by Crippen LogP contribution is 2.37. The molecule has 2 aliphatic rings. The first-order valence-electron chi connectivity index (χ1n) is 12.4. The van der Waals surface area contributed by atoms with E-state index in [4.69, 9.17) is 0 Å². The molecule has 12 heteroatoms. The number of aromatic nitrogens is 2. The number of alkyl halides is 3. The van der Waals surface area contributed by atoms with Crippen molar-refractivity contribution in [3.63, 3.8) is 0 Å². The van der Waals surface area contributed by atoms with Gasteiger partial charge in [0.1, 0.15) is 18.1 Å². The van der Waals surface area contributed by atoms with Gasteiger partial charge in [-0.1, -0.05) is 12.1 Å². The van der Waals surface area contributed by atoms with Crippen molar-refractivity contribution in [1.82, 2.24) is 20.2 Å². The third kappa shape index (κ3) is 5.50. The Morgan fingerprint density at radius 3 is 2.55 bits per heavy atom. The number of hydrogen-bond donors (Lipinski definition) is 2. The number of nitrogens with zero attached hydrogens (tertiary/aromatic N) is 3. The molecule has 0 radical (unpaired) electrons. The zero-order valence-electron chi connectivity index (χ0n) is 20.3. The van der Waals surface area contributed by atoms with Gasteiger partial charge in [-0.2, -0.15) is 17.6 Å². The van der Waals surface area contributed by atoms with Gasteiger partial charge in [0.2, 0.25) is 5.95 Å². The number of pyridine rings is 2. The van der Waals surface area contributed by atoms with Gasteiger partial charge in [0, 0.05) is 43.8 Å². The van der Waals surface area contributed by atoms with Crippen molar-refractivity contribution in [2.45, 2.75) is 37.4 Å². The molecule has 0 spiro atoms. The van der Waals surface area contributed by atoms with Crippen molar-refractivity contribution in [3.05, 3.63) is 69.9 Å². The van der Waals surface area contributed by atoms with Crippen LogP contribution in [0.5, 0.6) is 0 Å². The van der Waals surface area contributed by atoms with E-state index in [-0.39, 0.29) is 23.0 Å². The topological polar surface area (TPSA) is 81.3 Å². The Kier molecular flexibility index (Phi) is 7.08. The Balaban J connectivity index is 1.18. The minimum atomic E-state index is -4.57. The second kappa shape index (κ2) is 10.3. The number of benzene rings is 1. The maximum absolute atomic E-state index is 14.7. The number of anilines is 1. The number of H-pyrrole nitrogens is 1. The summed E-state index contributed by atoms with van der Waals surface area (Å²) in [5.74, 6) is -2.39. The number of nitrogens with one attached hydrogen (secondary N) is 2. The van der Waals surface area contributed by atoms with Crippen LogP contribution in [0.2, 0.25) is 0 Å². The van der Waals surface area contributed by atoms with Crippen molar-refractivity contribution in [2.24, 2.45) is 0 Å². The van der Waals surface area contributed by atoms with Gasteiger partial charge in [-0.15, -0.1) is 0 Å². The summed E-state index contributed by atoms with van der Waals surface area (Å²) in [7, 11) is 0. The second-order valence-electron chi connectivity index (χ2n) is 9.75. The SMILES string of the molecule is O=C(NCC(F)(F)F)c1ccc(N2CCN([C@H]3CC[C@@H](c4cc5cccc(F)c5c(=O)[nH]4)C3)CC2)c(F)n1. The number of carbonyl (C=O) groups excluding carboxylic acids is 1. The largest absolute Gasteiger partial charge is 0.405 e. The molecule has 7 nitrogen and oxygen atoms in total. The van der Waals surface area contributed by atoms with Gasteiger partial charge in [-0.3, -0.25) is 14.5 Å². The normalized spacial score (nSPS) is 20.7. The summed E-state index contributed by atoms with van der Waals surface area (Å²) >= 11 is 0. The van der Waals surface area contributed by atoms with Crippen LogP contribution in [0.15, 0.2) is 41.2 Å². The lowest BCUT2D eigenvalue weighted by Gasteiger charge is -2.39. The molecular weight excluding hydrogens is 509 g/mol. The molecule has 1 saturated carbocycles. The van der Waals surface area contributed by atoms with Crippen LogP contribution in [0.4, 0.5) is 27.6 Å². The first kappa shape index (κ1) is 26.1. The molecule has 2 N–H and O–H groups in total. The van der Waals surface area contributed by atoms with Gasteiger partial charge < -0.3 is 15.2 Å². The van der Waals surface area contributed by atoms with Gasteiger partial charge in [0.05, 0.1) is 11.1 Å². The van der Waals surface area contributed by atoms with Crippen LogP contribution in [-0.4, -0.2) is 65.7 Å². The number of carbonyl (C=O) groups is 1. The summed E-state index contributed by atoms with van der Waals surface area (Å²) in [6.45, 7) is 0.863. The molecule has 1 aromatic carbocycles. The molecule has 38 heavy (non-hydrogen) atoms. The fourth-order valence-electron chi connectivity index (χ4n) is 5.48. The van der Waals surface area contributed by atoms with E-state index in [1.807, 2.05) is 6.07 Å². The van der Waals surface area contributed by atoms with Gasteiger partial charge in [0.25, 0.3) is 11.5 Å². The fourth-order valence-corrected chi connectivity index (χ4v) is 5.48. The molecule has 5 rings (SSSR count). The molecular formula is C26H26F5N5O2. The molecule has 2 fully saturated rings. The zero-order chi connectivity index (χ0) is 27.0. The van der Waals surface area contributed by atoms with E-state index in [0.29, 0.717) is 31.6 Å². The highest BCUT2D eigenvalue weighted by atomic mass is 19.4. The van der Waals surface area contributed by atoms with Crippen molar-refractivity contribution >= 4 is 22.4 Å². The number of piperazine rings is 1. The maximum atomic E-state index is 14.7. The minimum Gasteiger partial charge on any atom is -0.365 e. The van der Waals surface area contributed by atoms with Crippen molar-refractivity contribution in [3.8, 4) is 0 Å². The van der Waals surface area contributed by atoms with E-state index in [1.54, 1.807) is 22.3 Å². The monoisotopic (exact) mass is 535 g/mol. The molecule has 1 saturated heterocycles. The van der Waals surface area contributed by atoms with E-state index in [2.05, 4.69) is 14.9 Å². The Morgan fingerprint density at radius 2 is 1.84 bits per heavy atom. The summed E-state index contributed by atoms with van der Waals surface area (Å²) in [4.78, 5) is 34.9. The van der Waals surface area contributed by atoms with E-state index >= 15 is 0 Å². The predicted octanol–water partition coefficient (Wildman–Crippen LogP) is 3.95. The highest BCUT2D eigenvalue weighted by Gasteiger charge is 2.33. The number of aromatic amines is 1. The second-order valence-corrected chi connectivity index (χ2v) is 9.75. The molecule has 3 heterocycles. The molecule has 0 unspecified atom stereocenters. The van der Waals surface area contributed by atoms with E-state index in [9.17, 15) is 31.5 Å². The Hall–Kier alpha value is -3.54. The molecule has 3 aromatic rings. The Morgan fingerprint density at radius 1 is 1.08 bits per heavy atom. The van der Waals surface area contributed by atoms with Gasteiger partial charge in [-0.05, 0) is 48.9 Å². The fraction of sp³-hybridized carbons (Fsp3) is 0.423. The molecule has 1 amide bonds. The summed E-state index contributed by atoms with van der Waals surface area (Å²) < 4.78 is 65.6. The van der Waals surface area contributed by atoms with Crippen molar-refractivity contribution < 1.29 is 26.7 Å². The molecule has 202 valence electrons. The van der Waals surface area contributed by atoms with Crippen LogP contribution in [0.1, 0.15) is 41.4 Å². The summed E-state index contributed by atoms with van der Waals surface area (Å²) in [5.41, 5.74) is 0.164. The molecule has 1 aliphatic carbocycles. The first-order chi connectivity index (χ1) is 18.1. The van der Waals surface area contributed by atoms with E-state index in [1.165, 1.54) is 18.2 Å². The van der Waals surface area contributed by atoms with Crippen LogP contribution < -0.4 is 15.8 Å². The van der Waals surface area contributed by atoms with Crippen LogP contribution in [0.25, 0.3) is 10.8 Å². The molecule has 1 aliphatic heterocycles. The third-order valence-electron chi connectivity index (χ3n) is 7.37. The van der Waals surface area contributed by atoms with Crippen molar-refractivity contribution in [1.29, 1.82) is 0 Å². The number of hydrogen-bond acceptors (Lipinski definition) is 5. The summed E-state index contributed by atoms with van der Waals surface area (Å²) in [6, 6.07) is 9.32. The predicted molar refractivity (Wildman–Crippen MR) is 131 cm³/mol. The average Bonchev–Trinajstić information content (AvgIpc) is 3.37. The van der Waals surface area contributed by atoms with Crippen LogP contribution in [-0.2, 0) is 0 Å². The molecule has 0 bridgehead atoms.